The summed E-state index contributed by atoms with van der Waals surface area (Å²) in [6, 6.07) is 6.70. The fourth-order valence-corrected chi connectivity index (χ4v) is 4.18. The van der Waals surface area contributed by atoms with Crippen LogP contribution in [-0.2, 0) is 20.8 Å². The molecule has 0 saturated carbocycles. The van der Waals surface area contributed by atoms with Gasteiger partial charge < -0.3 is 20.5 Å². The fourth-order valence-electron chi connectivity index (χ4n) is 4.18. The molecule has 0 bridgehead atoms. The second kappa shape index (κ2) is 12.4. The van der Waals surface area contributed by atoms with Gasteiger partial charge in [-0.25, -0.2) is 0 Å². The number of amides is 3. The molecule has 0 aliphatic carbocycles. The zero-order chi connectivity index (χ0) is 26.3. The summed E-state index contributed by atoms with van der Waals surface area (Å²) in [6.07, 6.45) is 6.47. The summed E-state index contributed by atoms with van der Waals surface area (Å²) in [5.41, 5.74) is 4.37. The highest BCUT2D eigenvalue weighted by atomic mass is 16.2. The smallest absolute Gasteiger partial charge is 0.246 e. The van der Waals surface area contributed by atoms with Gasteiger partial charge in [-0.3, -0.25) is 14.4 Å². The number of rotatable bonds is 10. The van der Waals surface area contributed by atoms with Crippen molar-refractivity contribution in [1.29, 1.82) is 0 Å². The number of fused-ring (bicyclic) bond motifs is 1. The highest BCUT2D eigenvalue weighted by Gasteiger charge is 2.34. The van der Waals surface area contributed by atoms with E-state index in [-0.39, 0.29) is 29.6 Å². The Kier molecular flexibility index (Phi) is 9.87. The van der Waals surface area contributed by atoms with Gasteiger partial charge in [0.05, 0.1) is 0 Å². The molecule has 7 nitrogen and oxygen atoms in total. The normalized spacial score (nSPS) is 13.2. The van der Waals surface area contributed by atoms with Crippen LogP contribution in [0.3, 0.4) is 0 Å². The molecule has 1 heterocycles. The number of carbonyl (C=O) groups excluding carboxylic acids is 3. The lowest BCUT2D eigenvalue weighted by Gasteiger charge is -2.33. The van der Waals surface area contributed by atoms with Gasteiger partial charge in [0.15, 0.2) is 0 Å². The predicted molar refractivity (Wildman–Crippen MR) is 142 cm³/mol. The Morgan fingerprint density at radius 1 is 1.03 bits per heavy atom. The number of hydrogen-bond acceptors (Lipinski definition) is 3. The maximum atomic E-state index is 13.2. The molecule has 0 spiro atoms. The Balaban J connectivity index is 2.25. The van der Waals surface area contributed by atoms with Gasteiger partial charge in [0, 0.05) is 48.8 Å². The van der Waals surface area contributed by atoms with E-state index in [1.54, 1.807) is 13.2 Å². The number of benzene rings is 1. The SMILES string of the molecule is CC(=O)N[C@@H](C(=O)N(C)[C@H](C(=O)N/C=C\c1c(CC=C(C)C)[nH]c2ccccc12)C(C)C)C(C)C. The fraction of sp³-hybridized carbons (Fsp3) is 0.464. The molecule has 0 aliphatic heterocycles. The summed E-state index contributed by atoms with van der Waals surface area (Å²) in [5.74, 6) is -1.06. The number of para-hydroxylation sites is 1. The van der Waals surface area contributed by atoms with Crippen LogP contribution in [0.2, 0.25) is 0 Å². The molecular weight excluding hydrogens is 440 g/mol. The van der Waals surface area contributed by atoms with Gasteiger partial charge in [0.2, 0.25) is 17.7 Å². The van der Waals surface area contributed by atoms with Crippen molar-refractivity contribution >= 4 is 34.7 Å². The first kappa shape index (κ1) is 27.9. The van der Waals surface area contributed by atoms with Crippen LogP contribution in [0.5, 0.6) is 0 Å². The molecule has 1 aromatic carbocycles. The molecule has 0 radical (unpaired) electrons. The average Bonchev–Trinajstić information content (AvgIpc) is 3.12. The number of likely N-dealkylation sites (N-methyl/N-ethyl adjacent to an activating group) is 1. The molecule has 190 valence electrons. The quantitative estimate of drug-likeness (QED) is 0.440. The van der Waals surface area contributed by atoms with Crippen molar-refractivity contribution in [3.05, 3.63) is 53.4 Å². The zero-order valence-electron chi connectivity index (χ0n) is 22.2. The van der Waals surface area contributed by atoms with E-state index in [0.29, 0.717) is 0 Å². The summed E-state index contributed by atoms with van der Waals surface area (Å²) < 4.78 is 0. The lowest BCUT2D eigenvalue weighted by Crippen LogP contribution is -2.56. The lowest BCUT2D eigenvalue weighted by molar-refractivity contribution is -0.143. The molecule has 2 atom stereocenters. The zero-order valence-corrected chi connectivity index (χ0v) is 22.2. The molecule has 2 aromatic rings. The molecule has 3 amide bonds. The van der Waals surface area contributed by atoms with Crippen molar-refractivity contribution < 1.29 is 14.4 Å². The van der Waals surface area contributed by atoms with E-state index < -0.39 is 12.1 Å². The van der Waals surface area contributed by atoms with Crippen molar-refractivity contribution in [1.82, 2.24) is 20.5 Å². The van der Waals surface area contributed by atoms with E-state index in [9.17, 15) is 14.4 Å². The molecule has 35 heavy (non-hydrogen) atoms. The standard InChI is InChI=1S/C28H40N4O3/c1-17(2)13-14-24-22(21-11-9-10-12-23(21)31-24)15-16-29-27(34)26(19(5)6)32(8)28(35)25(18(3)4)30-20(7)33/h9-13,15-16,18-19,25-26,31H,14H2,1-8H3,(H,29,34)(H,30,33)/b16-15-/t25-,26+/m1/s1. The Morgan fingerprint density at radius 2 is 1.69 bits per heavy atom. The highest BCUT2D eigenvalue weighted by Crippen LogP contribution is 2.24. The van der Waals surface area contributed by atoms with E-state index in [1.165, 1.54) is 17.4 Å². The van der Waals surface area contributed by atoms with E-state index >= 15 is 0 Å². The van der Waals surface area contributed by atoms with Gasteiger partial charge in [-0.05, 0) is 37.8 Å². The highest BCUT2D eigenvalue weighted by molar-refractivity contribution is 5.93. The summed E-state index contributed by atoms with van der Waals surface area (Å²) in [5, 5.41) is 6.67. The monoisotopic (exact) mass is 480 g/mol. The molecule has 7 heteroatoms. The first-order valence-electron chi connectivity index (χ1n) is 12.2. The topological polar surface area (TPSA) is 94.3 Å². The van der Waals surface area contributed by atoms with Gasteiger partial charge in [0.1, 0.15) is 12.1 Å². The first-order valence-corrected chi connectivity index (χ1v) is 12.2. The van der Waals surface area contributed by atoms with E-state index in [0.717, 1.165) is 28.6 Å². The molecule has 0 unspecified atom stereocenters. The van der Waals surface area contributed by atoms with Crippen LogP contribution in [0, 0.1) is 11.8 Å². The Hall–Kier alpha value is -3.35. The molecular formula is C28H40N4O3. The van der Waals surface area contributed by atoms with Crippen molar-refractivity contribution in [2.24, 2.45) is 11.8 Å². The minimum atomic E-state index is -0.689. The number of nitrogens with one attached hydrogen (secondary N) is 3. The minimum absolute atomic E-state index is 0.106. The van der Waals surface area contributed by atoms with Crippen molar-refractivity contribution in [2.45, 2.75) is 67.0 Å². The number of nitrogens with zero attached hydrogens (tertiary/aromatic N) is 1. The van der Waals surface area contributed by atoms with Crippen LogP contribution in [0.4, 0.5) is 0 Å². The molecule has 0 aliphatic rings. The van der Waals surface area contributed by atoms with E-state index in [1.807, 2.05) is 52.0 Å². The van der Waals surface area contributed by atoms with Crippen molar-refractivity contribution in [3.8, 4) is 0 Å². The van der Waals surface area contributed by atoms with E-state index in [2.05, 4.69) is 41.6 Å². The van der Waals surface area contributed by atoms with Crippen LogP contribution in [0.1, 0.15) is 59.7 Å². The molecule has 0 saturated heterocycles. The van der Waals surface area contributed by atoms with Gasteiger partial charge >= 0.3 is 0 Å². The Morgan fingerprint density at radius 3 is 2.26 bits per heavy atom. The minimum Gasteiger partial charge on any atom is -0.358 e. The Bertz CT molecular complexity index is 1110. The largest absolute Gasteiger partial charge is 0.358 e. The average molecular weight is 481 g/mol. The van der Waals surface area contributed by atoms with Crippen molar-refractivity contribution in [2.75, 3.05) is 7.05 Å². The number of allylic oxidation sites excluding steroid dienone is 2. The number of aromatic amines is 1. The summed E-state index contributed by atoms with van der Waals surface area (Å²) in [7, 11) is 1.62. The summed E-state index contributed by atoms with van der Waals surface area (Å²) in [6.45, 7) is 13.1. The predicted octanol–water partition coefficient (Wildman–Crippen LogP) is 4.41. The van der Waals surface area contributed by atoms with Crippen LogP contribution in [0.25, 0.3) is 17.0 Å². The Labute approximate surface area is 209 Å². The summed E-state index contributed by atoms with van der Waals surface area (Å²) >= 11 is 0. The molecule has 0 fully saturated rings. The van der Waals surface area contributed by atoms with Gasteiger partial charge in [-0.15, -0.1) is 0 Å². The second-order valence-electron chi connectivity index (χ2n) is 9.95. The molecule has 3 N–H and O–H groups in total. The number of H-pyrrole nitrogens is 1. The number of hydrogen-bond donors (Lipinski definition) is 3. The first-order chi connectivity index (χ1) is 16.4. The third-order valence-corrected chi connectivity index (χ3v) is 5.97. The third kappa shape index (κ3) is 7.31. The van der Waals surface area contributed by atoms with Crippen LogP contribution >= 0.6 is 0 Å². The second-order valence-corrected chi connectivity index (χ2v) is 9.95. The van der Waals surface area contributed by atoms with Gasteiger partial charge in [-0.1, -0.05) is 57.5 Å². The number of aromatic nitrogens is 1. The van der Waals surface area contributed by atoms with Gasteiger partial charge in [0.25, 0.3) is 0 Å². The maximum absolute atomic E-state index is 13.2. The maximum Gasteiger partial charge on any atom is 0.246 e. The van der Waals surface area contributed by atoms with Crippen molar-refractivity contribution in [3.63, 3.8) is 0 Å². The van der Waals surface area contributed by atoms with Crippen LogP contribution in [0.15, 0.2) is 42.1 Å². The third-order valence-electron chi connectivity index (χ3n) is 5.97. The van der Waals surface area contributed by atoms with Crippen LogP contribution in [-0.4, -0.2) is 46.7 Å². The lowest BCUT2D eigenvalue weighted by atomic mass is 9.98. The van der Waals surface area contributed by atoms with Gasteiger partial charge in [-0.2, -0.15) is 0 Å². The summed E-state index contributed by atoms with van der Waals surface area (Å²) in [4.78, 5) is 42.9. The molecule has 2 rings (SSSR count). The number of carbonyl (C=O) groups is 3. The van der Waals surface area contributed by atoms with E-state index in [4.69, 9.17) is 0 Å². The molecule has 1 aromatic heterocycles. The van der Waals surface area contributed by atoms with Crippen LogP contribution < -0.4 is 10.6 Å².